The monoisotopic (exact) mass is 433 g/mol. The zero-order valence-electron chi connectivity index (χ0n) is 17.2. The third-order valence-corrected chi connectivity index (χ3v) is 6.82. The van der Waals surface area contributed by atoms with Crippen molar-refractivity contribution in [1.29, 1.82) is 0 Å². The van der Waals surface area contributed by atoms with Gasteiger partial charge in [0, 0.05) is 22.1 Å². The molecular weight excluding hydrogens is 410 g/mol. The maximum atomic E-state index is 13.5. The second kappa shape index (κ2) is 8.55. The van der Waals surface area contributed by atoms with Crippen LogP contribution in [0.4, 0.5) is 5.69 Å². The van der Waals surface area contributed by atoms with Gasteiger partial charge in [-0.2, -0.15) is 0 Å². The van der Waals surface area contributed by atoms with Crippen LogP contribution in [0, 0.1) is 0 Å². The van der Waals surface area contributed by atoms with Crippen LogP contribution in [0.2, 0.25) is 0 Å². The molecule has 0 fully saturated rings. The normalized spacial score (nSPS) is 17.6. The number of methoxy groups -OCH3 is 1. The van der Waals surface area contributed by atoms with Crippen molar-refractivity contribution in [2.24, 2.45) is 0 Å². The molecule has 0 saturated carbocycles. The predicted octanol–water partition coefficient (Wildman–Crippen LogP) is 5.24. The van der Waals surface area contributed by atoms with E-state index in [2.05, 4.69) is 6.07 Å². The van der Waals surface area contributed by atoms with Gasteiger partial charge in [0.25, 0.3) is 0 Å². The summed E-state index contributed by atoms with van der Waals surface area (Å²) < 4.78 is 16.9. The van der Waals surface area contributed by atoms with E-state index in [-0.39, 0.29) is 11.2 Å². The molecule has 0 aromatic heterocycles. The Morgan fingerprint density at radius 3 is 2.65 bits per heavy atom. The first-order chi connectivity index (χ1) is 15.2. The molecule has 0 aliphatic carbocycles. The van der Waals surface area contributed by atoms with Crippen LogP contribution in [0.25, 0.3) is 0 Å². The summed E-state index contributed by atoms with van der Waals surface area (Å²) in [5.74, 6) is 2.39. The zero-order chi connectivity index (χ0) is 21.2. The summed E-state index contributed by atoms with van der Waals surface area (Å²) in [6.07, 6.45) is 0.393. The highest BCUT2D eigenvalue weighted by molar-refractivity contribution is 7.99. The van der Waals surface area contributed by atoms with E-state index in [1.807, 2.05) is 65.6 Å². The lowest BCUT2D eigenvalue weighted by atomic mass is 10.1. The van der Waals surface area contributed by atoms with E-state index in [9.17, 15) is 4.79 Å². The van der Waals surface area contributed by atoms with E-state index in [0.29, 0.717) is 26.2 Å². The van der Waals surface area contributed by atoms with Crippen molar-refractivity contribution >= 4 is 23.4 Å². The number of hydrogen-bond donors (Lipinski definition) is 0. The van der Waals surface area contributed by atoms with Gasteiger partial charge in [0.1, 0.15) is 19.0 Å². The van der Waals surface area contributed by atoms with E-state index < -0.39 is 0 Å². The van der Waals surface area contributed by atoms with E-state index in [4.69, 9.17) is 14.2 Å². The molecule has 2 aliphatic rings. The molecule has 158 valence electrons. The first-order valence-electron chi connectivity index (χ1n) is 10.3. The number of hydrogen-bond acceptors (Lipinski definition) is 5. The first kappa shape index (κ1) is 19.8. The Bertz CT molecular complexity index is 1120. The van der Waals surface area contributed by atoms with Gasteiger partial charge in [-0.3, -0.25) is 4.79 Å². The molecule has 3 aromatic rings. The van der Waals surface area contributed by atoms with Crippen molar-refractivity contribution in [3.05, 3.63) is 77.9 Å². The molecule has 6 heteroatoms. The van der Waals surface area contributed by atoms with Gasteiger partial charge in [-0.05, 0) is 35.9 Å². The summed E-state index contributed by atoms with van der Waals surface area (Å²) >= 11 is 1.71. The first-order valence-corrected chi connectivity index (χ1v) is 11.2. The summed E-state index contributed by atoms with van der Waals surface area (Å²) in [4.78, 5) is 16.4. The Kier molecular flexibility index (Phi) is 5.47. The summed E-state index contributed by atoms with van der Waals surface area (Å²) in [6, 6.07) is 21.9. The highest BCUT2D eigenvalue weighted by atomic mass is 32.2. The van der Waals surface area contributed by atoms with Crippen LogP contribution in [0.5, 0.6) is 17.2 Å². The number of fused-ring (bicyclic) bond motifs is 2. The lowest BCUT2D eigenvalue weighted by molar-refractivity contribution is -0.118. The van der Waals surface area contributed by atoms with Gasteiger partial charge in [0.05, 0.1) is 19.3 Å². The number of rotatable bonds is 4. The number of nitrogens with zero attached hydrogens (tertiary/aromatic N) is 1. The molecule has 1 amide bonds. The number of para-hydroxylation sites is 2. The summed E-state index contributed by atoms with van der Waals surface area (Å²) in [6.45, 7) is 1.58. The lowest BCUT2D eigenvalue weighted by Gasteiger charge is -2.24. The maximum Gasteiger partial charge on any atom is 0.228 e. The fraction of sp³-hybridized carbons (Fsp3) is 0.240. The van der Waals surface area contributed by atoms with Crippen molar-refractivity contribution in [3.8, 4) is 17.2 Å². The number of ether oxygens (including phenoxy) is 3. The summed E-state index contributed by atoms with van der Waals surface area (Å²) in [5.41, 5.74) is 2.98. The number of carbonyl (C=O) groups excluding carboxylic acids is 1. The van der Waals surface area contributed by atoms with Gasteiger partial charge >= 0.3 is 0 Å². The molecule has 2 aliphatic heterocycles. The van der Waals surface area contributed by atoms with E-state index in [1.165, 1.54) is 0 Å². The standard InChI is InChI=1S/C25H23NO4S/c1-28-20-8-4-2-6-18(20)24-15-25(27)26(19-7-3-5-9-23(19)31-24)16-17-10-11-21-22(14-17)30-13-12-29-21/h2-11,14,24H,12-13,15-16H2,1H3. The second-order valence-corrected chi connectivity index (χ2v) is 8.72. The van der Waals surface area contributed by atoms with Crippen molar-refractivity contribution in [3.63, 3.8) is 0 Å². The SMILES string of the molecule is COc1ccccc1C1CC(=O)N(Cc2ccc3c(c2)OCCO3)c2ccccc2S1. The Labute approximate surface area is 185 Å². The van der Waals surface area contributed by atoms with Crippen molar-refractivity contribution in [1.82, 2.24) is 0 Å². The molecule has 31 heavy (non-hydrogen) atoms. The summed E-state index contributed by atoms with van der Waals surface area (Å²) in [5, 5.41) is -0.0185. The van der Waals surface area contributed by atoms with Crippen LogP contribution in [0.1, 0.15) is 22.8 Å². The molecule has 5 rings (SSSR count). The second-order valence-electron chi connectivity index (χ2n) is 7.48. The van der Waals surface area contributed by atoms with Crippen molar-refractivity contribution < 1.29 is 19.0 Å². The quantitative estimate of drug-likeness (QED) is 0.563. The van der Waals surface area contributed by atoms with Crippen LogP contribution in [0.15, 0.2) is 71.6 Å². The molecule has 5 nitrogen and oxygen atoms in total. The van der Waals surface area contributed by atoms with Gasteiger partial charge in [-0.15, -0.1) is 11.8 Å². The molecule has 1 atom stereocenters. The zero-order valence-corrected chi connectivity index (χ0v) is 18.1. The minimum Gasteiger partial charge on any atom is -0.496 e. The van der Waals surface area contributed by atoms with Crippen LogP contribution in [0.3, 0.4) is 0 Å². The topological polar surface area (TPSA) is 48.0 Å². The van der Waals surface area contributed by atoms with Crippen LogP contribution in [-0.2, 0) is 11.3 Å². The number of benzene rings is 3. The Hall–Kier alpha value is -3.12. The average Bonchev–Trinajstić information content (AvgIpc) is 2.95. The van der Waals surface area contributed by atoms with Crippen molar-refractivity contribution in [2.45, 2.75) is 23.1 Å². The molecule has 2 heterocycles. The Morgan fingerprint density at radius 1 is 1.00 bits per heavy atom. The largest absolute Gasteiger partial charge is 0.496 e. The highest BCUT2D eigenvalue weighted by Crippen LogP contribution is 2.48. The van der Waals surface area contributed by atoms with Crippen LogP contribution < -0.4 is 19.1 Å². The highest BCUT2D eigenvalue weighted by Gasteiger charge is 2.30. The maximum absolute atomic E-state index is 13.5. The van der Waals surface area contributed by atoms with Crippen LogP contribution >= 0.6 is 11.8 Å². The molecule has 0 spiro atoms. The molecule has 3 aromatic carbocycles. The average molecular weight is 434 g/mol. The molecule has 0 radical (unpaired) electrons. The van der Waals surface area contributed by atoms with Crippen LogP contribution in [-0.4, -0.2) is 26.2 Å². The lowest BCUT2D eigenvalue weighted by Crippen LogP contribution is -2.30. The molecule has 0 saturated heterocycles. The van der Waals surface area contributed by atoms with Crippen molar-refractivity contribution in [2.75, 3.05) is 25.2 Å². The van der Waals surface area contributed by atoms with Gasteiger partial charge < -0.3 is 19.1 Å². The Morgan fingerprint density at radius 2 is 1.77 bits per heavy atom. The number of amides is 1. The van der Waals surface area contributed by atoms with Gasteiger partial charge in [-0.1, -0.05) is 36.4 Å². The molecule has 0 bridgehead atoms. The number of carbonyl (C=O) groups is 1. The number of thioether (sulfide) groups is 1. The number of anilines is 1. The molecule has 0 N–H and O–H groups in total. The molecular formula is C25H23NO4S. The Balaban J connectivity index is 1.49. The van der Waals surface area contributed by atoms with E-state index in [1.54, 1.807) is 18.9 Å². The van der Waals surface area contributed by atoms with Gasteiger partial charge in [0.15, 0.2) is 11.5 Å². The van der Waals surface area contributed by atoms with Gasteiger partial charge in [-0.25, -0.2) is 0 Å². The van der Waals surface area contributed by atoms with E-state index in [0.717, 1.165) is 39.0 Å². The van der Waals surface area contributed by atoms with E-state index >= 15 is 0 Å². The fourth-order valence-corrected chi connectivity index (χ4v) is 5.34. The third kappa shape index (κ3) is 3.95. The predicted molar refractivity (Wildman–Crippen MR) is 121 cm³/mol. The summed E-state index contributed by atoms with van der Waals surface area (Å²) in [7, 11) is 1.67. The van der Waals surface area contributed by atoms with Gasteiger partial charge in [0.2, 0.25) is 5.91 Å². The smallest absolute Gasteiger partial charge is 0.228 e. The third-order valence-electron chi connectivity index (χ3n) is 5.52. The fourth-order valence-electron chi connectivity index (χ4n) is 4.03. The molecule has 1 unspecified atom stereocenters. The minimum atomic E-state index is -0.0185. The minimum absolute atomic E-state index is 0.0185.